The van der Waals surface area contributed by atoms with Gasteiger partial charge in [0.15, 0.2) is 0 Å². The fourth-order valence-electron chi connectivity index (χ4n) is 2.26. The number of hydrogen-bond acceptors (Lipinski definition) is 4. The second kappa shape index (κ2) is 6.31. The van der Waals surface area contributed by atoms with Crippen LogP contribution in [0.3, 0.4) is 0 Å². The van der Waals surface area contributed by atoms with Crippen LogP contribution in [-0.4, -0.2) is 25.8 Å². The molecule has 6 nitrogen and oxygen atoms in total. The zero-order valence-corrected chi connectivity index (χ0v) is 12.6. The number of para-hydroxylation sites is 1. The second-order valence-electron chi connectivity index (χ2n) is 5.19. The number of carboxylic acids is 1. The lowest BCUT2D eigenvalue weighted by Gasteiger charge is -2.06. The van der Waals surface area contributed by atoms with Gasteiger partial charge in [0.25, 0.3) is 0 Å². The van der Waals surface area contributed by atoms with Gasteiger partial charge in [-0.1, -0.05) is 12.1 Å². The molecule has 2 heterocycles. The Morgan fingerprint density at radius 3 is 2.91 bits per heavy atom. The van der Waals surface area contributed by atoms with Crippen LogP contribution >= 0.6 is 0 Å². The molecule has 3 aromatic rings. The van der Waals surface area contributed by atoms with Gasteiger partial charge in [-0.15, -0.1) is 0 Å². The molecule has 0 fully saturated rings. The maximum absolute atomic E-state index is 11.3. The number of anilines is 1. The molecule has 23 heavy (non-hydrogen) atoms. The highest BCUT2D eigenvalue weighted by Crippen LogP contribution is 2.15. The Balaban J connectivity index is 1.77. The molecular weight excluding hydrogens is 292 g/mol. The molecule has 0 unspecified atom stereocenters. The van der Waals surface area contributed by atoms with Crippen LogP contribution in [0.1, 0.15) is 21.5 Å². The van der Waals surface area contributed by atoms with E-state index in [0.717, 1.165) is 16.9 Å². The van der Waals surface area contributed by atoms with Gasteiger partial charge in [0.2, 0.25) is 0 Å². The molecule has 3 rings (SSSR count). The number of nitrogens with zero attached hydrogens (tertiary/aromatic N) is 3. The van der Waals surface area contributed by atoms with Gasteiger partial charge in [-0.05, 0) is 36.8 Å². The normalized spacial score (nSPS) is 10.5. The number of aromatic nitrogens is 3. The number of aryl methyl sites for hydroxylation is 1. The van der Waals surface area contributed by atoms with Crippen LogP contribution in [0.2, 0.25) is 0 Å². The monoisotopic (exact) mass is 308 g/mol. The number of carboxylic acid groups (broad SMARTS) is 1. The van der Waals surface area contributed by atoms with Gasteiger partial charge in [-0.25, -0.2) is 14.5 Å². The van der Waals surface area contributed by atoms with E-state index in [9.17, 15) is 9.90 Å². The van der Waals surface area contributed by atoms with Crippen molar-refractivity contribution in [1.82, 2.24) is 14.8 Å². The number of pyridine rings is 1. The first-order valence-electron chi connectivity index (χ1n) is 7.16. The number of hydrogen-bond donors (Lipinski definition) is 2. The third kappa shape index (κ3) is 3.37. The van der Waals surface area contributed by atoms with Crippen LogP contribution in [-0.2, 0) is 6.54 Å². The molecule has 0 spiro atoms. The molecule has 0 atom stereocenters. The van der Waals surface area contributed by atoms with E-state index < -0.39 is 5.97 Å². The summed E-state index contributed by atoms with van der Waals surface area (Å²) in [4.78, 5) is 15.5. The lowest BCUT2D eigenvalue weighted by Crippen LogP contribution is -2.05. The average Bonchev–Trinajstić information content (AvgIpc) is 3.02. The van der Waals surface area contributed by atoms with E-state index in [1.807, 2.05) is 25.3 Å². The third-order valence-electron chi connectivity index (χ3n) is 3.41. The van der Waals surface area contributed by atoms with Crippen LogP contribution in [0, 0.1) is 6.92 Å². The van der Waals surface area contributed by atoms with Crippen molar-refractivity contribution in [1.29, 1.82) is 0 Å². The minimum atomic E-state index is -0.972. The van der Waals surface area contributed by atoms with E-state index in [4.69, 9.17) is 0 Å². The largest absolute Gasteiger partial charge is 0.478 e. The van der Waals surface area contributed by atoms with Crippen LogP contribution in [0.5, 0.6) is 0 Å². The fourth-order valence-corrected chi connectivity index (χ4v) is 2.26. The first-order chi connectivity index (χ1) is 11.1. The maximum atomic E-state index is 11.3. The molecule has 2 aromatic heterocycles. The third-order valence-corrected chi connectivity index (χ3v) is 3.41. The highest BCUT2D eigenvalue weighted by Gasteiger charge is 2.11. The predicted molar refractivity (Wildman–Crippen MR) is 86.8 cm³/mol. The summed E-state index contributed by atoms with van der Waals surface area (Å²) in [6.07, 6.45) is 5.27. The van der Waals surface area contributed by atoms with Gasteiger partial charge < -0.3 is 10.4 Å². The molecule has 116 valence electrons. The van der Waals surface area contributed by atoms with E-state index >= 15 is 0 Å². The molecular formula is C17H16N4O2. The zero-order valence-electron chi connectivity index (χ0n) is 12.6. The smallest absolute Gasteiger partial charge is 0.337 e. The molecule has 0 aliphatic heterocycles. The minimum Gasteiger partial charge on any atom is -0.478 e. The number of rotatable bonds is 5. The van der Waals surface area contributed by atoms with Gasteiger partial charge in [-0.2, -0.15) is 5.10 Å². The van der Waals surface area contributed by atoms with Gasteiger partial charge in [0, 0.05) is 24.5 Å². The lowest BCUT2D eigenvalue weighted by molar-refractivity contribution is 0.0696. The molecule has 1 aromatic carbocycles. The number of aromatic carboxylic acids is 1. The molecule has 6 heteroatoms. The number of nitrogens with one attached hydrogen (secondary N) is 1. The van der Waals surface area contributed by atoms with Crippen LogP contribution in [0.4, 0.5) is 5.82 Å². The summed E-state index contributed by atoms with van der Waals surface area (Å²) in [6, 6.07) is 10.7. The van der Waals surface area contributed by atoms with E-state index in [1.165, 1.54) is 0 Å². The van der Waals surface area contributed by atoms with Crippen LogP contribution in [0.15, 0.2) is 55.0 Å². The Kier molecular flexibility index (Phi) is 4.05. The van der Waals surface area contributed by atoms with E-state index in [0.29, 0.717) is 12.2 Å². The van der Waals surface area contributed by atoms with E-state index in [-0.39, 0.29) is 5.56 Å². The average molecular weight is 308 g/mol. The summed E-state index contributed by atoms with van der Waals surface area (Å²) < 4.78 is 1.57. The van der Waals surface area contributed by atoms with Crippen molar-refractivity contribution in [2.45, 2.75) is 13.5 Å². The van der Waals surface area contributed by atoms with Crippen molar-refractivity contribution in [3.63, 3.8) is 0 Å². The van der Waals surface area contributed by atoms with E-state index in [1.54, 1.807) is 41.3 Å². The first-order valence-corrected chi connectivity index (χ1v) is 7.16. The lowest BCUT2D eigenvalue weighted by atomic mass is 10.2. The van der Waals surface area contributed by atoms with Crippen molar-refractivity contribution in [2.24, 2.45) is 0 Å². The quantitative estimate of drug-likeness (QED) is 0.757. The van der Waals surface area contributed by atoms with Crippen molar-refractivity contribution in [3.8, 4) is 5.69 Å². The van der Waals surface area contributed by atoms with Crippen molar-refractivity contribution >= 4 is 11.8 Å². The first kappa shape index (κ1) is 14.8. The van der Waals surface area contributed by atoms with E-state index in [2.05, 4.69) is 15.4 Å². The molecule has 0 amide bonds. The fraction of sp³-hybridized carbons (Fsp3) is 0.118. The Hall–Kier alpha value is -3.15. The SMILES string of the molecule is Cc1ccnc(NCc2cnn(-c3ccccc3C(=O)O)c2)c1. The molecule has 0 saturated carbocycles. The van der Waals surface area contributed by atoms with Gasteiger partial charge in [0.05, 0.1) is 17.4 Å². The molecule has 0 saturated heterocycles. The number of carbonyl (C=O) groups is 1. The minimum absolute atomic E-state index is 0.218. The van der Waals surface area contributed by atoms with Crippen molar-refractivity contribution in [3.05, 3.63) is 71.7 Å². The van der Waals surface area contributed by atoms with Gasteiger partial charge in [0.1, 0.15) is 5.82 Å². The predicted octanol–water partition coefficient (Wildman–Crippen LogP) is 2.89. The Bertz CT molecular complexity index is 842. The topological polar surface area (TPSA) is 80.0 Å². The summed E-state index contributed by atoms with van der Waals surface area (Å²) >= 11 is 0. The van der Waals surface area contributed by atoms with Crippen LogP contribution in [0.25, 0.3) is 5.69 Å². The Labute approximate surface area is 133 Å². The second-order valence-corrected chi connectivity index (χ2v) is 5.19. The van der Waals surface area contributed by atoms with Crippen molar-refractivity contribution in [2.75, 3.05) is 5.32 Å². The van der Waals surface area contributed by atoms with Gasteiger partial charge >= 0.3 is 5.97 Å². The Morgan fingerprint density at radius 1 is 1.30 bits per heavy atom. The van der Waals surface area contributed by atoms with Crippen molar-refractivity contribution < 1.29 is 9.90 Å². The highest BCUT2D eigenvalue weighted by atomic mass is 16.4. The molecule has 2 N–H and O–H groups in total. The molecule has 0 bridgehead atoms. The summed E-state index contributed by atoms with van der Waals surface area (Å²) in [6.45, 7) is 2.57. The van der Waals surface area contributed by atoms with Crippen LogP contribution < -0.4 is 5.32 Å². The Morgan fingerprint density at radius 2 is 2.13 bits per heavy atom. The maximum Gasteiger partial charge on any atom is 0.337 e. The molecule has 0 aliphatic carbocycles. The molecule has 0 aliphatic rings. The number of benzene rings is 1. The highest BCUT2D eigenvalue weighted by molar-refractivity contribution is 5.91. The standard InChI is InChI=1S/C17H16N4O2/c1-12-6-7-18-16(8-12)19-9-13-10-20-21(11-13)15-5-3-2-4-14(15)17(22)23/h2-8,10-11H,9H2,1H3,(H,18,19)(H,22,23). The van der Waals surface area contributed by atoms with Gasteiger partial charge in [-0.3, -0.25) is 0 Å². The molecule has 0 radical (unpaired) electrons. The summed E-state index contributed by atoms with van der Waals surface area (Å²) in [5.74, 6) is -0.177. The zero-order chi connectivity index (χ0) is 16.2. The summed E-state index contributed by atoms with van der Waals surface area (Å²) in [7, 11) is 0. The summed E-state index contributed by atoms with van der Waals surface area (Å²) in [5.41, 5.74) is 2.83. The summed E-state index contributed by atoms with van der Waals surface area (Å²) in [5, 5.41) is 16.7.